The molecule has 1 aliphatic heterocycles. The highest BCUT2D eigenvalue weighted by atomic mass is 32.2. The first-order valence-corrected chi connectivity index (χ1v) is 14.5. The molecule has 224 valence electrons. The zero-order chi connectivity index (χ0) is 31.9. The number of hydrogen-bond acceptors (Lipinski definition) is 6. The molecule has 41 heavy (non-hydrogen) atoms. The van der Waals surface area contributed by atoms with Gasteiger partial charge in [-0.2, -0.15) is 0 Å². The van der Waals surface area contributed by atoms with E-state index in [2.05, 4.69) is 22.1 Å². The molecule has 0 spiro atoms. The number of nitrogens with zero attached hydrogens (tertiary/aromatic N) is 2. The van der Waals surface area contributed by atoms with Crippen LogP contribution in [-0.4, -0.2) is 40.4 Å². The van der Waals surface area contributed by atoms with E-state index in [4.69, 9.17) is 10.2 Å². The summed E-state index contributed by atoms with van der Waals surface area (Å²) >= 11 is 1.55. The topological polar surface area (TPSA) is 73.7 Å². The lowest BCUT2D eigenvalue weighted by atomic mass is 9.77. The Balaban J connectivity index is 0.000000831. The van der Waals surface area contributed by atoms with E-state index in [-0.39, 0.29) is 29.5 Å². The average Bonchev–Trinajstić information content (AvgIpc) is 2.89. The van der Waals surface area contributed by atoms with Gasteiger partial charge in [-0.3, -0.25) is 4.98 Å². The van der Waals surface area contributed by atoms with Gasteiger partial charge in [-0.05, 0) is 75.3 Å². The second-order valence-corrected chi connectivity index (χ2v) is 12.2. The number of aliphatic hydroxyl groups excluding tert-OH is 1. The lowest BCUT2D eigenvalue weighted by Crippen LogP contribution is -2.27. The number of hydrogen-bond donors (Lipinski definition) is 2. The van der Waals surface area contributed by atoms with Crippen LogP contribution < -0.4 is 4.31 Å². The number of terminal acetylenes is 1. The average molecular weight is 587 g/mol. The maximum absolute atomic E-state index is 15.4. The molecule has 4 rings (SSSR count). The highest BCUT2D eigenvalue weighted by molar-refractivity contribution is 8.00. The van der Waals surface area contributed by atoms with Crippen LogP contribution in [0.4, 0.5) is 14.5 Å². The molecular weight excluding hydrogens is 542 g/mol. The molecule has 0 saturated carbocycles. The number of fused-ring (bicyclic) bond motifs is 3. The van der Waals surface area contributed by atoms with Crippen LogP contribution in [0.25, 0.3) is 16.8 Å². The third-order valence-electron chi connectivity index (χ3n) is 6.60. The number of rotatable bonds is 4. The number of allylic oxidation sites excluding steroid dienone is 4. The van der Waals surface area contributed by atoms with Crippen molar-refractivity contribution < 1.29 is 23.8 Å². The summed E-state index contributed by atoms with van der Waals surface area (Å²) in [6.45, 7) is 15.2. The molecule has 0 amide bonds. The number of carbonyl (C=O) groups is 1. The Morgan fingerprint density at radius 1 is 1.17 bits per heavy atom. The lowest BCUT2D eigenvalue weighted by molar-refractivity contribution is -0.107. The van der Waals surface area contributed by atoms with Crippen LogP contribution in [0.3, 0.4) is 0 Å². The summed E-state index contributed by atoms with van der Waals surface area (Å²) in [7, 11) is 1.00. The van der Waals surface area contributed by atoms with E-state index in [0.717, 1.165) is 58.2 Å². The minimum atomic E-state index is -0.500. The molecule has 0 unspecified atom stereocenters. The molecule has 1 aromatic carbocycles. The molecule has 1 atom stereocenters. The van der Waals surface area contributed by atoms with Crippen molar-refractivity contribution in [1.29, 1.82) is 0 Å². The molecule has 0 fully saturated rings. The van der Waals surface area contributed by atoms with E-state index in [0.29, 0.717) is 12.0 Å². The van der Waals surface area contributed by atoms with Gasteiger partial charge in [0.05, 0.1) is 29.2 Å². The van der Waals surface area contributed by atoms with Gasteiger partial charge in [-0.1, -0.05) is 37.9 Å². The Morgan fingerprint density at radius 2 is 1.73 bits per heavy atom. The summed E-state index contributed by atoms with van der Waals surface area (Å²) < 4.78 is 31.7. The Hall–Kier alpha value is -2.99. The Kier molecular flexibility index (Phi) is 13.0. The molecule has 1 aromatic heterocycles. The summed E-state index contributed by atoms with van der Waals surface area (Å²) in [6.07, 6.45) is 16.5. The molecule has 5 nitrogen and oxygen atoms in total. The Bertz CT molecular complexity index is 1320. The highest BCUT2D eigenvalue weighted by Crippen LogP contribution is 2.53. The number of aldehydes is 1. The van der Waals surface area contributed by atoms with Crippen molar-refractivity contribution >= 4 is 29.5 Å². The van der Waals surface area contributed by atoms with Crippen molar-refractivity contribution in [3.63, 3.8) is 0 Å². The number of pyridine rings is 1. The maximum Gasteiger partial charge on any atom is 0.141 e. The van der Waals surface area contributed by atoms with E-state index >= 15 is 4.39 Å². The smallest absolute Gasteiger partial charge is 0.141 e. The summed E-state index contributed by atoms with van der Waals surface area (Å²) in [5, 5.41) is 15.5. The Labute approximate surface area is 248 Å². The van der Waals surface area contributed by atoms with Crippen LogP contribution in [0.2, 0.25) is 0 Å². The van der Waals surface area contributed by atoms with Crippen molar-refractivity contribution in [3.8, 4) is 24.1 Å². The van der Waals surface area contributed by atoms with Gasteiger partial charge < -0.3 is 19.3 Å². The summed E-state index contributed by atoms with van der Waals surface area (Å²) in [5.74, 6) is -0.552. The molecular formula is C33H44F2N2O3S. The standard InChI is InChI=1S/C26H28F2N2OS.C4H10O.C2H2.CH4O/c1-14-18(8-10-31)22(19-7-9-26(4,5)12-21(19)28)15(2)23-24-20(11-17(27)13-29-24)16(3)30(32-6)25(14)23;1-4(2,3)5;2*1-2/h7,9-11,13,16H,8,12H2,1-6H3;5H,1-3H3;1-2H;2H,1H3/t16-;;;/m0.../s1. The van der Waals surface area contributed by atoms with E-state index in [9.17, 15) is 9.18 Å². The van der Waals surface area contributed by atoms with E-state index in [1.54, 1.807) is 32.7 Å². The normalized spacial score (nSPS) is 16.6. The summed E-state index contributed by atoms with van der Waals surface area (Å²) in [5.41, 5.74) is 6.54. The molecule has 0 radical (unpaired) electrons. The van der Waals surface area contributed by atoms with E-state index < -0.39 is 5.60 Å². The summed E-state index contributed by atoms with van der Waals surface area (Å²) in [6, 6.07) is 1.44. The summed E-state index contributed by atoms with van der Waals surface area (Å²) in [4.78, 5) is 16.2. The Morgan fingerprint density at radius 3 is 2.22 bits per heavy atom. The third kappa shape index (κ3) is 8.28. The largest absolute Gasteiger partial charge is 0.400 e. The quantitative estimate of drug-likeness (QED) is 0.217. The molecule has 2 heterocycles. The number of benzene rings is 1. The number of anilines is 1. The number of aliphatic hydroxyl groups is 2. The van der Waals surface area contributed by atoms with Gasteiger partial charge in [0.25, 0.3) is 0 Å². The number of halogens is 2. The fourth-order valence-corrected chi connectivity index (χ4v) is 5.88. The SMILES string of the molecule is C#C.CC(C)(C)O.CO.CSN1c2c(C)c(CC=O)c(C3=C(F)CC(C)(C)C=C3)c(C)c2-c2ncc(F)cc2[C@@H]1C. The van der Waals surface area contributed by atoms with Crippen LogP contribution in [0.15, 0.2) is 30.2 Å². The fourth-order valence-electron chi connectivity index (χ4n) is 5.04. The first-order valence-electron chi connectivity index (χ1n) is 13.3. The van der Waals surface area contributed by atoms with Gasteiger partial charge >= 0.3 is 0 Å². The van der Waals surface area contributed by atoms with E-state index in [1.807, 2.05) is 53.0 Å². The third-order valence-corrected chi connectivity index (χ3v) is 7.49. The van der Waals surface area contributed by atoms with Crippen molar-refractivity contribution in [3.05, 3.63) is 63.9 Å². The molecule has 2 aliphatic rings. The van der Waals surface area contributed by atoms with Crippen LogP contribution in [0, 0.1) is 37.9 Å². The second kappa shape index (κ2) is 14.8. The van der Waals surface area contributed by atoms with Gasteiger partial charge in [-0.15, -0.1) is 12.8 Å². The first-order chi connectivity index (χ1) is 19.1. The van der Waals surface area contributed by atoms with Gasteiger partial charge in [0.2, 0.25) is 0 Å². The van der Waals surface area contributed by atoms with Crippen molar-refractivity contribution in [2.45, 2.75) is 79.9 Å². The van der Waals surface area contributed by atoms with Crippen molar-refractivity contribution in [1.82, 2.24) is 4.98 Å². The molecule has 8 heteroatoms. The van der Waals surface area contributed by atoms with Crippen molar-refractivity contribution in [2.24, 2.45) is 5.41 Å². The molecule has 0 bridgehead atoms. The van der Waals surface area contributed by atoms with Crippen LogP contribution in [-0.2, 0) is 11.2 Å². The van der Waals surface area contributed by atoms with Gasteiger partial charge in [0.15, 0.2) is 0 Å². The zero-order valence-corrected chi connectivity index (χ0v) is 26.7. The van der Waals surface area contributed by atoms with Crippen LogP contribution in [0.1, 0.15) is 81.8 Å². The molecule has 2 N–H and O–H groups in total. The fraction of sp³-hybridized carbons (Fsp3) is 0.455. The van der Waals surface area contributed by atoms with Crippen LogP contribution in [0.5, 0.6) is 0 Å². The predicted octanol–water partition coefficient (Wildman–Crippen LogP) is 7.71. The molecule has 1 aliphatic carbocycles. The zero-order valence-electron chi connectivity index (χ0n) is 25.9. The minimum absolute atomic E-state index is 0.102. The molecule has 0 saturated heterocycles. The van der Waals surface area contributed by atoms with Crippen LogP contribution >= 0.6 is 11.9 Å². The van der Waals surface area contributed by atoms with Gasteiger partial charge in [0.1, 0.15) is 17.9 Å². The number of aromatic nitrogens is 1. The van der Waals surface area contributed by atoms with Crippen molar-refractivity contribution in [2.75, 3.05) is 17.7 Å². The lowest BCUT2D eigenvalue weighted by Gasteiger charge is -2.39. The monoisotopic (exact) mass is 586 g/mol. The van der Waals surface area contributed by atoms with E-state index in [1.165, 1.54) is 12.3 Å². The second-order valence-electron chi connectivity index (χ2n) is 11.5. The highest BCUT2D eigenvalue weighted by Gasteiger charge is 2.36. The first kappa shape index (κ1) is 36.0. The number of carbonyl (C=O) groups excluding carboxylic acids is 1. The van der Waals surface area contributed by atoms with Gasteiger partial charge in [-0.25, -0.2) is 8.78 Å². The molecule has 2 aromatic rings. The predicted molar refractivity (Wildman–Crippen MR) is 169 cm³/mol. The maximum atomic E-state index is 15.4. The minimum Gasteiger partial charge on any atom is -0.400 e. The van der Waals surface area contributed by atoms with Gasteiger partial charge in [0, 0.05) is 42.9 Å².